The summed E-state index contributed by atoms with van der Waals surface area (Å²) in [6, 6.07) is 5.67. The molecule has 1 aromatic heterocycles. The van der Waals surface area contributed by atoms with Crippen LogP contribution in [-0.4, -0.2) is 18.8 Å². The van der Waals surface area contributed by atoms with Gasteiger partial charge in [0.15, 0.2) is 0 Å². The molecule has 2 nitrogen and oxygen atoms in total. The van der Waals surface area contributed by atoms with Gasteiger partial charge in [-0.3, -0.25) is 0 Å². The van der Waals surface area contributed by atoms with Gasteiger partial charge in [0.05, 0.1) is 6.10 Å². The average molecular weight is 308 g/mol. The fourth-order valence-corrected chi connectivity index (χ4v) is 5.27. The molecule has 1 heterocycles. The molecule has 0 aliphatic heterocycles. The molecule has 3 unspecified atom stereocenters. The van der Waals surface area contributed by atoms with Crippen molar-refractivity contribution >= 4 is 11.3 Å². The number of hydrogen-bond donors (Lipinski definition) is 1. The van der Waals surface area contributed by atoms with E-state index in [0.717, 1.165) is 6.61 Å². The molecule has 3 atom stereocenters. The maximum absolute atomic E-state index is 6.04. The Bertz CT molecular complexity index is 424. The number of nitrogens with one attached hydrogen (secondary N) is 1. The molecule has 2 aliphatic rings. The second kappa shape index (κ2) is 6.80. The fraction of sp³-hybridized carbons (Fsp3) is 0.778. The first-order valence-corrected chi connectivity index (χ1v) is 9.59. The summed E-state index contributed by atoms with van der Waals surface area (Å²) < 4.78 is 6.04. The lowest BCUT2D eigenvalue weighted by Gasteiger charge is -2.55. The molecular formula is C18H29NOS. The Morgan fingerprint density at radius 1 is 1.38 bits per heavy atom. The van der Waals surface area contributed by atoms with E-state index in [4.69, 9.17) is 4.74 Å². The summed E-state index contributed by atoms with van der Waals surface area (Å²) in [4.78, 5) is 1.50. The van der Waals surface area contributed by atoms with Gasteiger partial charge in [0.25, 0.3) is 0 Å². The quantitative estimate of drug-likeness (QED) is 0.772. The highest BCUT2D eigenvalue weighted by atomic mass is 32.1. The lowest BCUT2D eigenvalue weighted by molar-refractivity contribution is -0.132. The Morgan fingerprint density at radius 3 is 2.81 bits per heavy atom. The predicted molar refractivity (Wildman–Crippen MR) is 89.8 cm³/mol. The molecule has 0 saturated heterocycles. The first kappa shape index (κ1) is 15.5. The molecule has 1 spiro atoms. The number of hydrogen-bond acceptors (Lipinski definition) is 3. The molecule has 3 rings (SSSR count). The van der Waals surface area contributed by atoms with Crippen LogP contribution in [0, 0.1) is 5.41 Å². The van der Waals surface area contributed by atoms with E-state index < -0.39 is 0 Å². The van der Waals surface area contributed by atoms with Crippen LogP contribution in [0.25, 0.3) is 0 Å². The van der Waals surface area contributed by atoms with E-state index in [-0.39, 0.29) is 0 Å². The zero-order valence-corrected chi connectivity index (χ0v) is 14.3. The molecule has 0 bridgehead atoms. The highest BCUT2D eigenvalue weighted by molar-refractivity contribution is 7.10. The Balaban J connectivity index is 1.68. The number of rotatable bonds is 7. The van der Waals surface area contributed by atoms with Crippen LogP contribution in [0.4, 0.5) is 0 Å². The van der Waals surface area contributed by atoms with Gasteiger partial charge in [-0.15, -0.1) is 11.3 Å². The van der Waals surface area contributed by atoms with Gasteiger partial charge >= 0.3 is 0 Å². The van der Waals surface area contributed by atoms with Crippen LogP contribution in [-0.2, 0) is 4.74 Å². The summed E-state index contributed by atoms with van der Waals surface area (Å²) in [5.41, 5.74) is 0.444. The third kappa shape index (κ3) is 2.93. The molecule has 2 aliphatic carbocycles. The summed E-state index contributed by atoms with van der Waals surface area (Å²) in [5.74, 6) is 0. The van der Waals surface area contributed by atoms with Gasteiger partial charge in [0, 0.05) is 29.0 Å². The molecule has 2 saturated carbocycles. The molecule has 0 radical (unpaired) electrons. The monoisotopic (exact) mass is 307 g/mol. The van der Waals surface area contributed by atoms with E-state index in [2.05, 4.69) is 36.7 Å². The van der Waals surface area contributed by atoms with Crippen LogP contribution in [0.15, 0.2) is 17.5 Å². The minimum Gasteiger partial charge on any atom is -0.378 e. The van der Waals surface area contributed by atoms with Crippen LogP contribution in [0.2, 0.25) is 0 Å². The van der Waals surface area contributed by atoms with Gasteiger partial charge < -0.3 is 10.1 Å². The van der Waals surface area contributed by atoms with Crippen molar-refractivity contribution in [2.24, 2.45) is 5.41 Å². The molecule has 1 aromatic rings. The van der Waals surface area contributed by atoms with Gasteiger partial charge in [-0.1, -0.05) is 32.3 Å². The zero-order chi connectivity index (χ0) is 14.7. The number of thiophene rings is 1. The molecular weight excluding hydrogens is 278 g/mol. The lowest BCUT2D eigenvalue weighted by Crippen LogP contribution is -2.63. The highest BCUT2D eigenvalue weighted by Gasteiger charge is 2.56. The van der Waals surface area contributed by atoms with E-state index in [0.29, 0.717) is 23.6 Å². The van der Waals surface area contributed by atoms with Crippen molar-refractivity contribution in [2.75, 3.05) is 6.61 Å². The Labute approximate surface area is 133 Å². The Hall–Kier alpha value is -0.380. The lowest BCUT2D eigenvalue weighted by atomic mass is 9.60. The third-order valence-corrected chi connectivity index (χ3v) is 6.54. The smallest absolute Gasteiger partial charge is 0.0661 e. The van der Waals surface area contributed by atoms with Gasteiger partial charge in [-0.05, 0) is 44.1 Å². The van der Waals surface area contributed by atoms with Gasteiger partial charge in [-0.2, -0.15) is 0 Å². The van der Waals surface area contributed by atoms with Crippen LogP contribution < -0.4 is 5.32 Å². The Morgan fingerprint density at radius 2 is 2.19 bits per heavy atom. The van der Waals surface area contributed by atoms with E-state index in [1.807, 2.05) is 11.3 Å². The molecule has 1 N–H and O–H groups in total. The first-order valence-electron chi connectivity index (χ1n) is 8.71. The van der Waals surface area contributed by atoms with E-state index in [1.54, 1.807) is 0 Å². The maximum Gasteiger partial charge on any atom is 0.0661 e. The van der Waals surface area contributed by atoms with Gasteiger partial charge in [-0.25, -0.2) is 0 Å². The molecule has 3 heteroatoms. The summed E-state index contributed by atoms with van der Waals surface area (Å²) >= 11 is 1.90. The summed E-state index contributed by atoms with van der Waals surface area (Å²) in [7, 11) is 0. The first-order chi connectivity index (χ1) is 10.3. The van der Waals surface area contributed by atoms with E-state index >= 15 is 0 Å². The van der Waals surface area contributed by atoms with Crippen LogP contribution in [0.3, 0.4) is 0 Å². The number of ether oxygens (including phenoxy) is 1. The Kier molecular flexibility index (Phi) is 5.03. The summed E-state index contributed by atoms with van der Waals surface area (Å²) in [5, 5.41) is 6.21. The topological polar surface area (TPSA) is 21.3 Å². The second-order valence-electron chi connectivity index (χ2n) is 6.70. The van der Waals surface area contributed by atoms with Crippen molar-refractivity contribution in [3.8, 4) is 0 Å². The van der Waals surface area contributed by atoms with Crippen molar-refractivity contribution < 1.29 is 4.74 Å². The van der Waals surface area contributed by atoms with Crippen molar-refractivity contribution in [3.63, 3.8) is 0 Å². The van der Waals surface area contributed by atoms with Crippen molar-refractivity contribution in [1.29, 1.82) is 0 Å². The zero-order valence-electron chi connectivity index (χ0n) is 13.4. The standard InChI is InChI=1S/C18H29NOS/c1-3-8-14(15-9-7-12-21-15)19-16-13-17(20-4-2)18(16)10-5-6-11-18/h7,9,12,14,16-17,19H,3-6,8,10-11,13H2,1-2H3. The molecule has 0 amide bonds. The predicted octanol–water partition coefficient (Wildman–Crippen LogP) is 4.92. The summed E-state index contributed by atoms with van der Waals surface area (Å²) in [6.07, 6.45) is 9.69. The van der Waals surface area contributed by atoms with Crippen molar-refractivity contribution in [2.45, 2.75) is 77.0 Å². The van der Waals surface area contributed by atoms with Crippen LogP contribution >= 0.6 is 11.3 Å². The van der Waals surface area contributed by atoms with Crippen molar-refractivity contribution in [3.05, 3.63) is 22.4 Å². The van der Waals surface area contributed by atoms with Gasteiger partial charge in [0.2, 0.25) is 0 Å². The maximum atomic E-state index is 6.04. The third-order valence-electron chi connectivity index (χ3n) is 5.55. The molecule has 21 heavy (non-hydrogen) atoms. The largest absolute Gasteiger partial charge is 0.378 e. The molecule has 2 fully saturated rings. The summed E-state index contributed by atoms with van der Waals surface area (Å²) in [6.45, 7) is 5.29. The SMILES string of the molecule is CCCC(NC1CC(OCC)C12CCCC2)c1cccs1. The highest BCUT2D eigenvalue weighted by Crippen LogP contribution is 2.55. The van der Waals surface area contributed by atoms with Crippen LogP contribution in [0.1, 0.15) is 69.7 Å². The van der Waals surface area contributed by atoms with Crippen molar-refractivity contribution in [1.82, 2.24) is 5.32 Å². The van der Waals surface area contributed by atoms with E-state index in [1.165, 1.54) is 49.8 Å². The average Bonchev–Trinajstić information content (AvgIpc) is 3.17. The molecule has 0 aromatic carbocycles. The fourth-order valence-electron chi connectivity index (χ4n) is 4.45. The normalized spacial score (nSPS) is 28.7. The minimum absolute atomic E-state index is 0.444. The van der Waals surface area contributed by atoms with Gasteiger partial charge in [0.1, 0.15) is 0 Å². The van der Waals surface area contributed by atoms with E-state index in [9.17, 15) is 0 Å². The molecule has 118 valence electrons. The minimum atomic E-state index is 0.444. The second-order valence-corrected chi connectivity index (χ2v) is 7.68. The van der Waals surface area contributed by atoms with Crippen LogP contribution in [0.5, 0.6) is 0 Å².